The van der Waals surface area contributed by atoms with E-state index in [1.807, 2.05) is 0 Å². The summed E-state index contributed by atoms with van der Waals surface area (Å²) >= 11 is 0. The molecule has 0 atom stereocenters. The normalized spacial score (nSPS) is 11.3. The third-order valence-electron chi connectivity index (χ3n) is 2.91. The number of hydrogen-bond donors (Lipinski definition) is 0. The predicted octanol–water partition coefficient (Wildman–Crippen LogP) is 3.11. The Balaban J connectivity index is 2.71. The molecule has 0 aromatic carbocycles. The second kappa shape index (κ2) is 5.94. The monoisotopic (exact) mass is 209 g/mol. The van der Waals surface area contributed by atoms with Crippen molar-refractivity contribution in [1.29, 1.82) is 0 Å². The van der Waals surface area contributed by atoms with Crippen LogP contribution in [-0.2, 0) is 13.0 Å². The Labute approximate surface area is 93.9 Å². The highest BCUT2D eigenvalue weighted by atomic mass is 15.2. The van der Waals surface area contributed by atoms with Crippen LogP contribution in [0.4, 0.5) is 0 Å². The van der Waals surface area contributed by atoms with Gasteiger partial charge in [0.15, 0.2) is 0 Å². The van der Waals surface area contributed by atoms with Crippen LogP contribution in [-0.4, -0.2) is 4.57 Å². The molecule has 0 unspecified atom stereocenters. The van der Waals surface area contributed by atoms with Crippen LogP contribution in [0.2, 0.25) is 0 Å². The van der Waals surface area contributed by atoms with Gasteiger partial charge in [-0.2, -0.15) is 0 Å². The molecule has 0 bridgehead atoms. The molecule has 0 radical (unpaired) electrons. The van der Waals surface area contributed by atoms with Crippen LogP contribution < -0.4 is 4.57 Å². The van der Waals surface area contributed by atoms with E-state index < -0.39 is 0 Å². The average Bonchev–Trinajstić information content (AvgIpc) is 2.61. The van der Waals surface area contributed by atoms with Crippen molar-refractivity contribution in [3.63, 3.8) is 0 Å². The fourth-order valence-corrected chi connectivity index (χ4v) is 2.06. The molecule has 0 spiro atoms. The van der Waals surface area contributed by atoms with E-state index >= 15 is 0 Å². The molecule has 0 aliphatic heterocycles. The lowest BCUT2D eigenvalue weighted by Crippen LogP contribution is -2.37. The van der Waals surface area contributed by atoms with Crippen molar-refractivity contribution in [2.75, 3.05) is 0 Å². The van der Waals surface area contributed by atoms with Crippen LogP contribution in [0, 0.1) is 0 Å². The van der Waals surface area contributed by atoms with E-state index in [-0.39, 0.29) is 0 Å². The van der Waals surface area contributed by atoms with Gasteiger partial charge in [0, 0.05) is 6.42 Å². The molecule has 0 aliphatic carbocycles. The smallest absolute Gasteiger partial charge is 0.234 e. The van der Waals surface area contributed by atoms with Gasteiger partial charge in [0.2, 0.25) is 0 Å². The van der Waals surface area contributed by atoms with Crippen LogP contribution in [0.1, 0.15) is 58.8 Å². The minimum Gasteiger partial charge on any atom is -0.234 e. The van der Waals surface area contributed by atoms with Crippen LogP contribution in [0.25, 0.3) is 0 Å². The average molecular weight is 209 g/mol. The highest BCUT2D eigenvalue weighted by molar-refractivity contribution is 4.85. The lowest BCUT2D eigenvalue weighted by Gasteiger charge is -2.05. The third-order valence-corrected chi connectivity index (χ3v) is 2.91. The molecular weight excluding hydrogens is 184 g/mol. The van der Waals surface area contributed by atoms with Crippen molar-refractivity contribution in [2.45, 2.75) is 66.0 Å². The highest BCUT2D eigenvalue weighted by Crippen LogP contribution is 2.07. The molecule has 0 N–H and O–H groups in total. The Morgan fingerprint density at radius 2 is 2.00 bits per heavy atom. The van der Waals surface area contributed by atoms with E-state index in [2.05, 4.69) is 49.2 Å². The molecule has 0 saturated carbocycles. The first-order chi connectivity index (χ1) is 7.20. The molecule has 0 saturated heterocycles. The molecule has 15 heavy (non-hydrogen) atoms. The molecule has 1 aromatic rings. The van der Waals surface area contributed by atoms with E-state index in [4.69, 9.17) is 0 Å². The summed E-state index contributed by atoms with van der Waals surface area (Å²) < 4.78 is 4.79. The fraction of sp³-hybridized carbons (Fsp3) is 0.769. The van der Waals surface area contributed by atoms with Crippen LogP contribution in [0.5, 0.6) is 0 Å². The number of rotatable bonds is 6. The number of unbranched alkanes of at least 4 members (excludes halogenated alkanes) is 2. The maximum atomic E-state index is 2.41. The first-order valence-electron chi connectivity index (χ1n) is 6.29. The van der Waals surface area contributed by atoms with E-state index in [1.165, 1.54) is 31.6 Å². The Morgan fingerprint density at radius 3 is 2.53 bits per heavy atom. The Morgan fingerprint density at radius 1 is 1.27 bits per heavy atom. The van der Waals surface area contributed by atoms with Gasteiger partial charge in [0.05, 0.1) is 12.6 Å². The van der Waals surface area contributed by atoms with Gasteiger partial charge >= 0.3 is 0 Å². The number of hydrogen-bond acceptors (Lipinski definition) is 0. The largest absolute Gasteiger partial charge is 0.256 e. The topological polar surface area (TPSA) is 8.81 Å². The standard InChI is InChI=1S/C13H25N2/c1-5-7-8-9-14-10-11-15(12(3)4)13(14)6-2/h10-12H,5-9H2,1-4H3/q+1. The molecule has 0 aliphatic rings. The second-order valence-corrected chi connectivity index (χ2v) is 4.47. The zero-order valence-electron chi connectivity index (χ0n) is 10.7. The van der Waals surface area contributed by atoms with Gasteiger partial charge in [0.1, 0.15) is 12.4 Å². The molecule has 0 amide bonds. The van der Waals surface area contributed by atoms with Crippen LogP contribution >= 0.6 is 0 Å². The SMILES string of the molecule is CCCCC[n+]1ccn(C(C)C)c1CC. The van der Waals surface area contributed by atoms with Crippen LogP contribution in [0.3, 0.4) is 0 Å². The third kappa shape index (κ3) is 3.08. The maximum absolute atomic E-state index is 2.41. The first kappa shape index (κ1) is 12.3. The number of imidazole rings is 1. The summed E-state index contributed by atoms with van der Waals surface area (Å²) in [6, 6.07) is 0.576. The number of aromatic nitrogens is 2. The van der Waals surface area contributed by atoms with E-state index in [9.17, 15) is 0 Å². The minimum atomic E-state index is 0.576. The predicted molar refractivity (Wildman–Crippen MR) is 63.9 cm³/mol. The zero-order chi connectivity index (χ0) is 11.3. The molecule has 1 heterocycles. The summed E-state index contributed by atoms with van der Waals surface area (Å²) in [5.74, 6) is 1.46. The highest BCUT2D eigenvalue weighted by Gasteiger charge is 2.16. The van der Waals surface area contributed by atoms with Crippen molar-refractivity contribution in [3.8, 4) is 0 Å². The van der Waals surface area contributed by atoms with Gasteiger partial charge in [0.25, 0.3) is 5.82 Å². The quantitative estimate of drug-likeness (QED) is 0.503. The summed E-state index contributed by atoms with van der Waals surface area (Å²) in [6.07, 6.45) is 9.51. The van der Waals surface area contributed by atoms with Crippen molar-refractivity contribution in [2.24, 2.45) is 0 Å². The van der Waals surface area contributed by atoms with E-state index in [1.54, 1.807) is 0 Å². The zero-order valence-corrected chi connectivity index (χ0v) is 10.7. The minimum absolute atomic E-state index is 0.576. The van der Waals surface area contributed by atoms with Crippen molar-refractivity contribution in [3.05, 3.63) is 18.2 Å². The Bertz CT molecular complexity index is 287. The van der Waals surface area contributed by atoms with E-state index in [0.29, 0.717) is 6.04 Å². The van der Waals surface area contributed by atoms with Crippen molar-refractivity contribution in [1.82, 2.24) is 4.57 Å². The maximum Gasteiger partial charge on any atom is 0.256 e. The number of nitrogens with zero attached hydrogens (tertiary/aromatic N) is 2. The van der Waals surface area contributed by atoms with Crippen LogP contribution in [0.15, 0.2) is 12.4 Å². The first-order valence-corrected chi connectivity index (χ1v) is 6.29. The lowest BCUT2D eigenvalue weighted by molar-refractivity contribution is -0.704. The summed E-state index contributed by atoms with van der Waals surface area (Å²) in [6.45, 7) is 10.2. The molecule has 0 fully saturated rings. The summed E-state index contributed by atoms with van der Waals surface area (Å²) in [5.41, 5.74) is 0. The second-order valence-electron chi connectivity index (χ2n) is 4.47. The van der Waals surface area contributed by atoms with E-state index in [0.717, 1.165) is 6.42 Å². The lowest BCUT2D eigenvalue weighted by atomic mass is 10.2. The van der Waals surface area contributed by atoms with Gasteiger partial charge in [-0.25, -0.2) is 9.13 Å². The summed E-state index contributed by atoms with van der Waals surface area (Å²) in [4.78, 5) is 0. The van der Waals surface area contributed by atoms with Gasteiger partial charge in [-0.3, -0.25) is 0 Å². The van der Waals surface area contributed by atoms with Gasteiger partial charge in [-0.1, -0.05) is 20.3 Å². The van der Waals surface area contributed by atoms with Crippen molar-refractivity contribution < 1.29 is 4.57 Å². The molecule has 2 heteroatoms. The Kier molecular flexibility index (Phi) is 4.86. The van der Waals surface area contributed by atoms with Crippen molar-refractivity contribution >= 4 is 0 Å². The number of aryl methyl sites for hydroxylation is 1. The molecule has 1 aromatic heterocycles. The summed E-state index contributed by atoms with van der Waals surface area (Å²) in [5, 5.41) is 0. The van der Waals surface area contributed by atoms with Gasteiger partial charge in [-0.05, 0) is 26.7 Å². The summed E-state index contributed by atoms with van der Waals surface area (Å²) in [7, 11) is 0. The molecule has 2 nitrogen and oxygen atoms in total. The van der Waals surface area contributed by atoms with Gasteiger partial charge < -0.3 is 0 Å². The van der Waals surface area contributed by atoms with Gasteiger partial charge in [-0.15, -0.1) is 0 Å². The fourth-order valence-electron chi connectivity index (χ4n) is 2.06. The Hall–Kier alpha value is -0.790. The molecule has 86 valence electrons. The molecule has 1 rings (SSSR count). The molecular formula is C13H25N2+.